The molecule has 0 aliphatic rings. The number of rotatable bonds is 8. The van der Waals surface area contributed by atoms with Crippen LogP contribution in [0.3, 0.4) is 0 Å². The molecule has 0 fully saturated rings. The molecule has 0 saturated carbocycles. The number of hydrogen-bond donors (Lipinski definition) is 0. The van der Waals surface area contributed by atoms with Gasteiger partial charge < -0.3 is 4.90 Å². The smallest absolute Gasteiger partial charge is 0.0311 e. The second kappa shape index (κ2) is 7.86. The van der Waals surface area contributed by atoms with Crippen LogP contribution in [0.15, 0.2) is 12.3 Å². The van der Waals surface area contributed by atoms with E-state index in [0.717, 1.165) is 5.92 Å². The fourth-order valence-corrected chi connectivity index (χ4v) is 2.22. The van der Waals surface area contributed by atoms with E-state index < -0.39 is 0 Å². The maximum absolute atomic E-state index is 4.37. The van der Waals surface area contributed by atoms with E-state index in [2.05, 4.69) is 60.1 Å². The van der Waals surface area contributed by atoms with Crippen molar-refractivity contribution >= 4 is 0 Å². The van der Waals surface area contributed by atoms with E-state index >= 15 is 0 Å². The summed E-state index contributed by atoms with van der Waals surface area (Å²) < 4.78 is 0. The Bertz CT molecular complexity index is 236. The molecule has 108 valence electrons. The molecule has 0 radical (unpaired) electrons. The lowest BCUT2D eigenvalue weighted by atomic mass is 9.88. The molecule has 0 saturated heterocycles. The van der Waals surface area contributed by atoms with Crippen LogP contribution < -0.4 is 0 Å². The average molecular weight is 253 g/mol. The minimum atomic E-state index is 0.180. The Morgan fingerprint density at radius 1 is 1.11 bits per heavy atom. The van der Waals surface area contributed by atoms with Gasteiger partial charge in [0.1, 0.15) is 0 Å². The lowest BCUT2D eigenvalue weighted by molar-refractivity contribution is 0.195. The molecular weight excluding hydrogens is 218 g/mol. The highest BCUT2D eigenvalue weighted by molar-refractivity contribution is 5.03. The highest BCUT2D eigenvalue weighted by Crippen LogP contribution is 2.29. The van der Waals surface area contributed by atoms with E-state index in [9.17, 15) is 0 Å². The first kappa shape index (κ1) is 17.5. The summed E-state index contributed by atoms with van der Waals surface area (Å²) in [5, 5.41) is 0. The van der Waals surface area contributed by atoms with Crippen molar-refractivity contribution in [2.75, 3.05) is 7.05 Å². The lowest BCUT2D eigenvalue weighted by Crippen LogP contribution is -2.39. The molecule has 0 aliphatic carbocycles. The minimum Gasteiger partial charge on any atom is -0.373 e. The normalized spacial score (nSPS) is 15.3. The predicted molar refractivity (Wildman–Crippen MR) is 83.7 cm³/mol. The fraction of sp³-hybridized carbons (Fsp3) is 0.882. The van der Waals surface area contributed by atoms with E-state index in [1.807, 2.05) is 0 Å². The van der Waals surface area contributed by atoms with Gasteiger partial charge in [-0.05, 0) is 45.4 Å². The third-order valence-corrected chi connectivity index (χ3v) is 4.25. The van der Waals surface area contributed by atoms with Crippen molar-refractivity contribution in [3.63, 3.8) is 0 Å². The maximum atomic E-state index is 4.37. The first-order valence-corrected chi connectivity index (χ1v) is 7.66. The van der Waals surface area contributed by atoms with Crippen LogP contribution in [-0.2, 0) is 0 Å². The van der Waals surface area contributed by atoms with Crippen LogP contribution in [0.2, 0.25) is 0 Å². The van der Waals surface area contributed by atoms with Gasteiger partial charge in [0, 0.05) is 18.3 Å². The van der Waals surface area contributed by atoms with E-state index in [1.54, 1.807) is 0 Å². The molecule has 0 rings (SSSR count). The highest BCUT2D eigenvalue weighted by atomic mass is 15.2. The van der Waals surface area contributed by atoms with Gasteiger partial charge in [-0.3, -0.25) is 0 Å². The Hall–Kier alpha value is -0.460. The van der Waals surface area contributed by atoms with Gasteiger partial charge in [-0.2, -0.15) is 0 Å². The second-order valence-electron chi connectivity index (χ2n) is 6.80. The molecule has 0 amide bonds. The topological polar surface area (TPSA) is 3.24 Å². The van der Waals surface area contributed by atoms with Crippen LogP contribution in [-0.4, -0.2) is 17.5 Å². The monoisotopic (exact) mass is 253 g/mol. The van der Waals surface area contributed by atoms with Crippen LogP contribution in [0.5, 0.6) is 0 Å². The van der Waals surface area contributed by atoms with Crippen molar-refractivity contribution in [2.45, 2.75) is 79.2 Å². The van der Waals surface area contributed by atoms with Gasteiger partial charge in [0.2, 0.25) is 0 Å². The molecule has 2 atom stereocenters. The van der Waals surface area contributed by atoms with Crippen molar-refractivity contribution < 1.29 is 0 Å². The van der Waals surface area contributed by atoms with Gasteiger partial charge in [-0.25, -0.2) is 0 Å². The van der Waals surface area contributed by atoms with Gasteiger partial charge in [0.25, 0.3) is 0 Å². The Balaban J connectivity index is 4.53. The third-order valence-electron chi connectivity index (χ3n) is 4.25. The molecule has 0 heterocycles. The summed E-state index contributed by atoms with van der Waals surface area (Å²) in [7, 11) is 2.19. The zero-order valence-electron chi connectivity index (χ0n) is 13.8. The Kier molecular flexibility index (Phi) is 7.66. The van der Waals surface area contributed by atoms with Crippen LogP contribution in [0.1, 0.15) is 73.6 Å². The van der Waals surface area contributed by atoms with Crippen molar-refractivity contribution in [3.8, 4) is 0 Å². The standard InChI is InChI=1S/C17H35N/c1-9-11-16(13-12-14(3)10-2)15(4)18(8)17(5,6)7/h14,16H,4,9-13H2,1-3,5-8H3. The fourth-order valence-electron chi connectivity index (χ4n) is 2.22. The maximum Gasteiger partial charge on any atom is 0.0311 e. The van der Waals surface area contributed by atoms with Crippen molar-refractivity contribution in [1.82, 2.24) is 4.90 Å². The second-order valence-corrected chi connectivity index (χ2v) is 6.80. The molecule has 18 heavy (non-hydrogen) atoms. The predicted octanol–water partition coefficient (Wildman–Crippen LogP) is 5.47. The van der Waals surface area contributed by atoms with Gasteiger partial charge >= 0.3 is 0 Å². The number of hydrogen-bond acceptors (Lipinski definition) is 1. The lowest BCUT2D eigenvalue weighted by Gasteiger charge is -2.39. The molecular formula is C17H35N. The zero-order chi connectivity index (χ0) is 14.3. The number of allylic oxidation sites excluding steroid dienone is 1. The van der Waals surface area contributed by atoms with Gasteiger partial charge in [0.15, 0.2) is 0 Å². The summed E-state index contributed by atoms with van der Waals surface area (Å²) in [5.41, 5.74) is 1.51. The minimum absolute atomic E-state index is 0.180. The summed E-state index contributed by atoms with van der Waals surface area (Å²) in [4.78, 5) is 2.37. The van der Waals surface area contributed by atoms with Crippen LogP contribution in [0.4, 0.5) is 0 Å². The molecule has 0 bridgehead atoms. The Morgan fingerprint density at radius 2 is 1.67 bits per heavy atom. The van der Waals surface area contributed by atoms with Crippen LogP contribution in [0.25, 0.3) is 0 Å². The zero-order valence-corrected chi connectivity index (χ0v) is 13.8. The van der Waals surface area contributed by atoms with Gasteiger partial charge in [-0.15, -0.1) is 0 Å². The molecule has 0 spiro atoms. The van der Waals surface area contributed by atoms with Crippen LogP contribution in [0, 0.1) is 11.8 Å². The van der Waals surface area contributed by atoms with Crippen molar-refractivity contribution in [1.29, 1.82) is 0 Å². The largest absolute Gasteiger partial charge is 0.373 e. The number of nitrogens with zero attached hydrogens (tertiary/aromatic N) is 1. The Morgan fingerprint density at radius 3 is 2.06 bits per heavy atom. The van der Waals surface area contributed by atoms with Crippen LogP contribution >= 0.6 is 0 Å². The molecule has 2 unspecified atom stereocenters. The first-order chi connectivity index (χ1) is 8.23. The summed E-state index contributed by atoms with van der Waals surface area (Å²) in [5.74, 6) is 1.50. The Labute approximate surface area is 116 Å². The summed E-state index contributed by atoms with van der Waals surface area (Å²) in [6.07, 6.45) is 6.44. The average Bonchev–Trinajstić information content (AvgIpc) is 2.30. The first-order valence-electron chi connectivity index (χ1n) is 7.66. The SMILES string of the molecule is C=C(C(CCC)CCC(C)CC)N(C)C(C)(C)C. The van der Waals surface area contributed by atoms with E-state index in [0.29, 0.717) is 5.92 Å². The van der Waals surface area contributed by atoms with Gasteiger partial charge in [-0.1, -0.05) is 46.6 Å². The third kappa shape index (κ3) is 5.93. The summed E-state index contributed by atoms with van der Waals surface area (Å²) in [6.45, 7) is 18.1. The van der Waals surface area contributed by atoms with E-state index in [-0.39, 0.29) is 5.54 Å². The van der Waals surface area contributed by atoms with E-state index in [1.165, 1.54) is 37.8 Å². The molecule has 0 aromatic carbocycles. The van der Waals surface area contributed by atoms with Crippen molar-refractivity contribution in [3.05, 3.63) is 12.3 Å². The molecule has 0 aromatic rings. The summed E-state index contributed by atoms with van der Waals surface area (Å²) in [6, 6.07) is 0. The quantitative estimate of drug-likeness (QED) is 0.554. The van der Waals surface area contributed by atoms with E-state index in [4.69, 9.17) is 0 Å². The molecule has 1 heteroatoms. The molecule has 1 nitrogen and oxygen atoms in total. The summed E-state index contributed by atoms with van der Waals surface area (Å²) >= 11 is 0. The molecule has 0 aliphatic heterocycles. The molecule has 0 N–H and O–H groups in total. The van der Waals surface area contributed by atoms with Crippen molar-refractivity contribution in [2.24, 2.45) is 11.8 Å². The molecule has 0 aromatic heterocycles. The highest BCUT2D eigenvalue weighted by Gasteiger charge is 2.23. The van der Waals surface area contributed by atoms with Gasteiger partial charge in [0.05, 0.1) is 0 Å².